The van der Waals surface area contributed by atoms with Crippen LogP contribution in [-0.2, 0) is 24.7 Å². The van der Waals surface area contributed by atoms with Crippen molar-refractivity contribution in [3.63, 3.8) is 0 Å². The van der Waals surface area contributed by atoms with E-state index in [4.69, 9.17) is 9.47 Å². The molecule has 0 radical (unpaired) electrons. The van der Waals surface area contributed by atoms with E-state index >= 15 is 0 Å². The average Bonchev–Trinajstić information content (AvgIpc) is 2.65. The summed E-state index contributed by atoms with van der Waals surface area (Å²) >= 11 is 0. The van der Waals surface area contributed by atoms with Crippen molar-refractivity contribution in [2.75, 3.05) is 13.2 Å². The first kappa shape index (κ1) is 19.7. The fourth-order valence-corrected chi connectivity index (χ4v) is 2.79. The van der Waals surface area contributed by atoms with Gasteiger partial charge in [-0.3, -0.25) is 4.79 Å². The molecule has 0 heterocycles. The lowest BCUT2D eigenvalue weighted by Crippen LogP contribution is -2.43. The standard InChI is InChI=1S/C21H25NO4/c1-4-26-21(17-11-7-5-8-12-17,18-13-9-6-10-14-18)20(24)25-15-19(23)22-16(2)3/h5-14,16H,4,15H2,1-3H3,(H,22,23). The third-order valence-corrected chi connectivity index (χ3v) is 3.79. The number of carbonyl (C=O) groups is 2. The van der Waals surface area contributed by atoms with Crippen LogP contribution in [0.25, 0.3) is 0 Å². The van der Waals surface area contributed by atoms with Gasteiger partial charge in [-0.1, -0.05) is 60.7 Å². The number of rotatable bonds is 8. The fraction of sp³-hybridized carbons (Fsp3) is 0.333. The van der Waals surface area contributed by atoms with Crippen LogP contribution in [0.5, 0.6) is 0 Å². The first-order valence-corrected chi connectivity index (χ1v) is 8.72. The van der Waals surface area contributed by atoms with Gasteiger partial charge in [-0.2, -0.15) is 0 Å². The zero-order chi connectivity index (χ0) is 19.0. The summed E-state index contributed by atoms with van der Waals surface area (Å²) in [5.41, 5.74) is -0.111. The van der Waals surface area contributed by atoms with Gasteiger partial charge < -0.3 is 14.8 Å². The van der Waals surface area contributed by atoms with Crippen LogP contribution in [0, 0.1) is 0 Å². The number of esters is 1. The van der Waals surface area contributed by atoms with E-state index in [-0.39, 0.29) is 18.6 Å². The summed E-state index contributed by atoms with van der Waals surface area (Å²) < 4.78 is 11.3. The molecule has 0 bridgehead atoms. The van der Waals surface area contributed by atoms with E-state index in [1.165, 1.54) is 0 Å². The number of nitrogens with one attached hydrogen (secondary N) is 1. The monoisotopic (exact) mass is 355 g/mol. The largest absolute Gasteiger partial charge is 0.453 e. The molecule has 26 heavy (non-hydrogen) atoms. The molecule has 2 aromatic rings. The maximum absolute atomic E-state index is 13.1. The molecule has 0 aliphatic heterocycles. The van der Waals surface area contributed by atoms with Crippen molar-refractivity contribution in [3.8, 4) is 0 Å². The SMILES string of the molecule is CCOC(C(=O)OCC(=O)NC(C)C)(c1ccccc1)c1ccccc1. The number of carbonyl (C=O) groups excluding carboxylic acids is 2. The third-order valence-electron chi connectivity index (χ3n) is 3.79. The molecule has 5 heteroatoms. The molecular formula is C21H25NO4. The smallest absolute Gasteiger partial charge is 0.348 e. The highest BCUT2D eigenvalue weighted by Crippen LogP contribution is 2.35. The van der Waals surface area contributed by atoms with E-state index in [2.05, 4.69) is 5.32 Å². The number of hydrogen-bond donors (Lipinski definition) is 1. The summed E-state index contributed by atoms with van der Waals surface area (Å²) in [6, 6.07) is 18.3. The molecule has 0 saturated carbocycles. The maximum Gasteiger partial charge on any atom is 0.348 e. The van der Waals surface area contributed by atoms with Crippen molar-refractivity contribution in [1.29, 1.82) is 0 Å². The van der Waals surface area contributed by atoms with Gasteiger partial charge >= 0.3 is 5.97 Å². The molecule has 0 aliphatic rings. The number of amides is 1. The highest BCUT2D eigenvalue weighted by atomic mass is 16.6. The van der Waals surface area contributed by atoms with Gasteiger partial charge in [-0.25, -0.2) is 4.79 Å². The van der Waals surface area contributed by atoms with Crippen molar-refractivity contribution in [2.45, 2.75) is 32.4 Å². The molecule has 0 spiro atoms. The predicted molar refractivity (Wildman–Crippen MR) is 99.5 cm³/mol. The molecule has 138 valence electrons. The van der Waals surface area contributed by atoms with Gasteiger partial charge in [-0.05, 0) is 31.9 Å². The van der Waals surface area contributed by atoms with Crippen molar-refractivity contribution in [1.82, 2.24) is 5.32 Å². The molecular weight excluding hydrogens is 330 g/mol. The molecule has 0 aliphatic carbocycles. The Morgan fingerprint density at radius 1 is 0.962 bits per heavy atom. The van der Waals surface area contributed by atoms with Crippen LogP contribution in [-0.4, -0.2) is 31.1 Å². The van der Waals surface area contributed by atoms with Gasteiger partial charge in [0.2, 0.25) is 5.60 Å². The predicted octanol–water partition coefficient (Wildman–Crippen LogP) is 3.03. The molecule has 1 amide bonds. The molecule has 2 rings (SSSR count). The molecule has 2 aromatic carbocycles. The Balaban J connectivity index is 2.39. The zero-order valence-electron chi connectivity index (χ0n) is 15.4. The average molecular weight is 355 g/mol. The van der Waals surface area contributed by atoms with Gasteiger partial charge in [0, 0.05) is 12.6 Å². The van der Waals surface area contributed by atoms with E-state index < -0.39 is 11.6 Å². The second-order valence-corrected chi connectivity index (χ2v) is 6.14. The van der Waals surface area contributed by atoms with Crippen molar-refractivity contribution in [2.24, 2.45) is 0 Å². The van der Waals surface area contributed by atoms with Crippen molar-refractivity contribution < 1.29 is 19.1 Å². The Hall–Kier alpha value is -2.66. The van der Waals surface area contributed by atoms with Crippen LogP contribution < -0.4 is 5.32 Å². The first-order valence-electron chi connectivity index (χ1n) is 8.72. The summed E-state index contributed by atoms with van der Waals surface area (Å²) in [7, 11) is 0. The second kappa shape index (κ2) is 9.15. The van der Waals surface area contributed by atoms with Gasteiger partial charge in [-0.15, -0.1) is 0 Å². The Morgan fingerprint density at radius 3 is 1.88 bits per heavy atom. The van der Waals surface area contributed by atoms with E-state index in [0.717, 1.165) is 0 Å². The molecule has 5 nitrogen and oxygen atoms in total. The summed E-state index contributed by atoms with van der Waals surface area (Å²) in [6.07, 6.45) is 0. The summed E-state index contributed by atoms with van der Waals surface area (Å²) in [6.45, 7) is 5.46. The highest BCUT2D eigenvalue weighted by molar-refractivity contribution is 5.88. The Morgan fingerprint density at radius 2 is 1.46 bits per heavy atom. The van der Waals surface area contributed by atoms with Gasteiger partial charge in [0.25, 0.3) is 5.91 Å². The minimum atomic E-state index is -1.42. The molecule has 0 atom stereocenters. The molecule has 0 aromatic heterocycles. The molecule has 0 unspecified atom stereocenters. The second-order valence-electron chi connectivity index (χ2n) is 6.14. The van der Waals surface area contributed by atoms with Crippen LogP contribution in [0.4, 0.5) is 0 Å². The quantitative estimate of drug-likeness (QED) is 0.739. The summed E-state index contributed by atoms with van der Waals surface area (Å²) in [5, 5.41) is 2.70. The third kappa shape index (κ3) is 4.49. The minimum Gasteiger partial charge on any atom is -0.453 e. The number of hydrogen-bond acceptors (Lipinski definition) is 4. The first-order chi connectivity index (χ1) is 12.5. The van der Waals surface area contributed by atoms with Crippen LogP contribution in [0.3, 0.4) is 0 Å². The lowest BCUT2D eigenvalue weighted by atomic mass is 9.86. The lowest BCUT2D eigenvalue weighted by Gasteiger charge is -2.32. The van der Waals surface area contributed by atoms with E-state index in [0.29, 0.717) is 17.7 Å². The zero-order valence-corrected chi connectivity index (χ0v) is 15.4. The van der Waals surface area contributed by atoms with Crippen LogP contribution in [0.2, 0.25) is 0 Å². The van der Waals surface area contributed by atoms with Gasteiger partial charge in [0.1, 0.15) is 0 Å². The maximum atomic E-state index is 13.1. The van der Waals surface area contributed by atoms with Crippen LogP contribution >= 0.6 is 0 Å². The van der Waals surface area contributed by atoms with Crippen molar-refractivity contribution >= 4 is 11.9 Å². The van der Waals surface area contributed by atoms with Crippen LogP contribution in [0.15, 0.2) is 60.7 Å². The van der Waals surface area contributed by atoms with Crippen molar-refractivity contribution in [3.05, 3.63) is 71.8 Å². The van der Waals surface area contributed by atoms with Crippen LogP contribution in [0.1, 0.15) is 31.9 Å². The highest BCUT2D eigenvalue weighted by Gasteiger charge is 2.45. The van der Waals surface area contributed by atoms with E-state index in [9.17, 15) is 9.59 Å². The van der Waals surface area contributed by atoms with Gasteiger partial charge in [0.05, 0.1) is 0 Å². The summed E-state index contributed by atoms with van der Waals surface area (Å²) in [4.78, 5) is 25.0. The molecule has 0 fully saturated rings. The Labute approximate surface area is 154 Å². The number of benzene rings is 2. The summed E-state index contributed by atoms with van der Waals surface area (Å²) in [5.74, 6) is -0.962. The topological polar surface area (TPSA) is 64.6 Å². The fourth-order valence-electron chi connectivity index (χ4n) is 2.79. The number of ether oxygens (including phenoxy) is 2. The lowest BCUT2D eigenvalue weighted by molar-refractivity contribution is -0.170. The Bertz CT molecular complexity index is 674. The minimum absolute atomic E-state index is 0.0268. The normalized spacial score (nSPS) is 11.2. The van der Waals surface area contributed by atoms with E-state index in [1.54, 1.807) is 0 Å². The van der Waals surface area contributed by atoms with Gasteiger partial charge in [0.15, 0.2) is 6.61 Å². The van der Waals surface area contributed by atoms with E-state index in [1.807, 2.05) is 81.4 Å². The molecule has 1 N–H and O–H groups in total. The Kier molecular flexibility index (Phi) is 6.92. The molecule has 0 saturated heterocycles.